The van der Waals surface area contributed by atoms with Gasteiger partial charge in [0.2, 0.25) is 5.89 Å². The highest BCUT2D eigenvalue weighted by Crippen LogP contribution is 2.25. The molecule has 0 bridgehead atoms. The minimum Gasteiger partial charge on any atom is -0.439 e. The normalized spacial score (nSPS) is 20.8. The highest BCUT2D eigenvalue weighted by molar-refractivity contribution is 6.30. The van der Waals surface area contributed by atoms with Crippen LogP contribution in [-0.2, 0) is 6.54 Å². The molecular formula is C16H20ClN3O. The van der Waals surface area contributed by atoms with Crippen LogP contribution >= 0.6 is 11.6 Å². The van der Waals surface area contributed by atoms with Gasteiger partial charge in [0, 0.05) is 23.2 Å². The van der Waals surface area contributed by atoms with Crippen molar-refractivity contribution in [1.82, 2.24) is 9.88 Å². The maximum absolute atomic E-state index is 6.00. The highest BCUT2D eigenvalue weighted by atomic mass is 35.5. The van der Waals surface area contributed by atoms with Crippen molar-refractivity contribution in [1.29, 1.82) is 0 Å². The summed E-state index contributed by atoms with van der Waals surface area (Å²) in [5.41, 5.74) is 6.92. The molecule has 2 atom stereocenters. The average molecular weight is 306 g/mol. The fourth-order valence-electron chi connectivity index (χ4n) is 2.79. The molecule has 0 amide bonds. The zero-order valence-electron chi connectivity index (χ0n) is 12.1. The summed E-state index contributed by atoms with van der Waals surface area (Å²) in [6, 6.07) is 7.86. The lowest BCUT2D eigenvalue weighted by atomic mass is 10.0. The number of aromatic nitrogens is 1. The van der Waals surface area contributed by atoms with Gasteiger partial charge < -0.3 is 10.2 Å². The summed E-state index contributed by atoms with van der Waals surface area (Å²) >= 11 is 6.00. The van der Waals surface area contributed by atoms with Crippen molar-refractivity contribution < 1.29 is 4.42 Å². The standard InChI is InChI=1S/C16H20ClN3O/c1-11(18)13-5-6-20(9-13)10-16-19-8-15(21-16)12-3-2-4-14(17)7-12/h2-4,7-8,11,13H,5-6,9-10,18H2,1H3. The van der Waals surface area contributed by atoms with E-state index in [2.05, 4.69) is 16.8 Å². The Morgan fingerprint density at radius 3 is 3.10 bits per heavy atom. The molecule has 0 radical (unpaired) electrons. The fourth-order valence-corrected chi connectivity index (χ4v) is 2.98. The molecular weight excluding hydrogens is 286 g/mol. The summed E-state index contributed by atoms with van der Waals surface area (Å²) in [6.45, 7) is 4.90. The summed E-state index contributed by atoms with van der Waals surface area (Å²) in [5, 5.41) is 0.699. The Morgan fingerprint density at radius 1 is 1.52 bits per heavy atom. The van der Waals surface area contributed by atoms with Crippen LogP contribution in [0.4, 0.5) is 0 Å². The van der Waals surface area contributed by atoms with Crippen molar-refractivity contribution >= 4 is 11.6 Å². The van der Waals surface area contributed by atoms with Gasteiger partial charge in [0.25, 0.3) is 0 Å². The molecule has 0 saturated carbocycles. The number of hydrogen-bond acceptors (Lipinski definition) is 4. The number of rotatable bonds is 4. The Labute approximate surface area is 129 Å². The molecule has 3 rings (SSSR count). The van der Waals surface area contributed by atoms with E-state index in [0.29, 0.717) is 10.9 Å². The topological polar surface area (TPSA) is 55.3 Å². The lowest BCUT2D eigenvalue weighted by molar-refractivity contribution is 0.276. The zero-order chi connectivity index (χ0) is 14.8. The van der Waals surface area contributed by atoms with Gasteiger partial charge in [-0.2, -0.15) is 0 Å². The largest absolute Gasteiger partial charge is 0.439 e. The van der Waals surface area contributed by atoms with Gasteiger partial charge in [0.05, 0.1) is 12.7 Å². The first kappa shape index (κ1) is 14.6. The number of benzene rings is 1. The third-order valence-electron chi connectivity index (χ3n) is 4.07. The Morgan fingerprint density at radius 2 is 2.38 bits per heavy atom. The summed E-state index contributed by atoms with van der Waals surface area (Å²) < 4.78 is 5.84. The van der Waals surface area contributed by atoms with E-state index in [1.165, 1.54) is 0 Å². The minimum atomic E-state index is 0.251. The molecule has 0 aliphatic carbocycles. The number of nitrogens with two attached hydrogens (primary N) is 1. The van der Waals surface area contributed by atoms with Gasteiger partial charge in [0.1, 0.15) is 0 Å². The molecule has 1 fully saturated rings. The molecule has 2 heterocycles. The van der Waals surface area contributed by atoms with Gasteiger partial charge in [-0.1, -0.05) is 23.7 Å². The lowest BCUT2D eigenvalue weighted by Gasteiger charge is -2.16. The van der Waals surface area contributed by atoms with Crippen LogP contribution in [0.2, 0.25) is 5.02 Å². The van der Waals surface area contributed by atoms with Gasteiger partial charge in [-0.3, -0.25) is 4.90 Å². The number of oxazole rings is 1. The van der Waals surface area contributed by atoms with E-state index in [-0.39, 0.29) is 6.04 Å². The van der Waals surface area contributed by atoms with Crippen molar-refractivity contribution in [3.8, 4) is 11.3 Å². The zero-order valence-corrected chi connectivity index (χ0v) is 12.9. The monoisotopic (exact) mass is 305 g/mol. The molecule has 2 unspecified atom stereocenters. The third kappa shape index (κ3) is 3.46. The Kier molecular flexibility index (Phi) is 4.29. The van der Waals surface area contributed by atoms with Crippen LogP contribution in [0, 0.1) is 5.92 Å². The van der Waals surface area contributed by atoms with Crippen LogP contribution in [0.1, 0.15) is 19.2 Å². The van der Waals surface area contributed by atoms with Crippen LogP contribution < -0.4 is 5.73 Å². The summed E-state index contributed by atoms with van der Waals surface area (Å²) in [7, 11) is 0. The maximum Gasteiger partial charge on any atom is 0.209 e. The van der Waals surface area contributed by atoms with Crippen molar-refractivity contribution in [2.24, 2.45) is 11.7 Å². The summed E-state index contributed by atoms with van der Waals surface area (Å²) in [6.07, 6.45) is 2.92. The first-order chi connectivity index (χ1) is 10.1. The molecule has 1 aromatic heterocycles. The molecule has 0 spiro atoms. The van der Waals surface area contributed by atoms with E-state index >= 15 is 0 Å². The van der Waals surface area contributed by atoms with E-state index in [9.17, 15) is 0 Å². The molecule has 2 N–H and O–H groups in total. The Hall–Kier alpha value is -1.36. The quantitative estimate of drug-likeness (QED) is 0.942. The van der Waals surface area contributed by atoms with Crippen molar-refractivity contribution in [3.63, 3.8) is 0 Å². The molecule has 1 aromatic carbocycles. The predicted octanol–water partition coefficient (Wildman–Crippen LogP) is 3.16. The molecule has 112 valence electrons. The average Bonchev–Trinajstić information content (AvgIpc) is 3.08. The van der Waals surface area contributed by atoms with Crippen LogP contribution in [0.25, 0.3) is 11.3 Å². The van der Waals surface area contributed by atoms with Crippen molar-refractivity contribution in [3.05, 3.63) is 41.4 Å². The highest BCUT2D eigenvalue weighted by Gasteiger charge is 2.26. The molecule has 5 heteroatoms. The van der Waals surface area contributed by atoms with Gasteiger partial charge in [-0.05, 0) is 37.9 Å². The second kappa shape index (κ2) is 6.18. The minimum absolute atomic E-state index is 0.251. The smallest absolute Gasteiger partial charge is 0.209 e. The van der Waals surface area contributed by atoms with E-state index < -0.39 is 0 Å². The van der Waals surface area contributed by atoms with Gasteiger partial charge >= 0.3 is 0 Å². The summed E-state index contributed by atoms with van der Waals surface area (Å²) in [4.78, 5) is 6.72. The Balaban J connectivity index is 1.66. The lowest BCUT2D eigenvalue weighted by Crippen LogP contribution is -2.29. The number of hydrogen-bond donors (Lipinski definition) is 1. The first-order valence-electron chi connectivity index (χ1n) is 7.30. The molecule has 4 nitrogen and oxygen atoms in total. The van der Waals surface area contributed by atoms with Crippen LogP contribution in [0.15, 0.2) is 34.9 Å². The second-order valence-electron chi connectivity index (χ2n) is 5.77. The van der Waals surface area contributed by atoms with Crippen LogP contribution in [-0.4, -0.2) is 29.0 Å². The van der Waals surface area contributed by atoms with Crippen molar-refractivity contribution in [2.75, 3.05) is 13.1 Å². The first-order valence-corrected chi connectivity index (χ1v) is 7.68. The van der Waals surface area contributed by atoms with Crippen molar-refractivity contribution in [2.45, 2.75) is 25.9 Å². The molecule has 1 saturated heterocycles. The molecule has 2 aromatic rings. The van der Waals surface area contributed by atoms with Gasteiger partial charge in [-0.25, -0.2) is 4.98 Å². The second-order valence-corrected chi connectivity index (χ2v) is 6.21. The molecule has 1 aliphatic heterocycles. The summed E-state index contributed by atoms with van der Waals surface area (Å²) in [5.74, 6) is 2.08. The Bertz CT molecular complexity index is 611. The number of nitrogens with zero attached hydrogens (tertiary/aromatic N) is 2. The van der Waals surface area contributed by atoms with E-state index in [0.717, 1.165) is 43.3 Å². The van der Waals surface area contributed by atoms with Gasteiger partial charge in [-0.15, -0.1) is 0 Å². The third-order valence-corrected chi connectivity index (χ3v) is 4.31. The maximum atomic E-state index is 6.00. The fraction of sp³-hybridized carbons (Fsp3) is 0.438. The van der Waals surface area contributed by atoms with Crippen LogP contribution in [0.3, 0.4) is 0 Å². The van der Waals surface area contributed by atoms with E-state index in [1.54, 1.807) is 6.20 Å². The SMILES string of the molecule is CC(N)C1CCN(Cc2ncc(-c3cccc(Cl)c3)o2)C1. The predicted molar refractivity (Wildman–Crippen MR) is 84.0 cm³/mol. The number of halogens is 1. The molecule has 1 aliphatic rings. The van der Waals surface area contributed by atoms with Crippen LogP contribution in [0.5, 0.6) is 0 Å². The molecule has 21 heavy (non-hydrogen) atoms. The van der Waals surface area contributed by atoms with E-state index in [1.807, 2.05) is 24.3 Å². The van der Waals surface area contributed by atoms with Gasteiger partial charge in [0.15, 0.2) is 5.76 Å². The van der Waals surface area contributed by atoms with E-state index in [4.69, 9.17) is 21.8 Å². The number of likely N-dealkylation sites (tertiary alicyclic amines) is 1.